The minimum absolute atomic E-state index is 0.129. The Bertz CT molecular complexity index is 442. The number of carboxylic acid groups (broad SMARTS) is 1. The predicted octanol–water partition coefficient (Wildman–Crippen LogP) is 2.08. The number of carbonyl (C=O) groups is 2. The van der Waals surface area contributed by atoms with Gasteiger partial charge in [0.05, 0.1) is 0 Å². The lowest BCUT2D eigenvalue weighted by molar-refractivity contribution is -0.163. The van der Waals surface area contributed by atoms with Crippen LogP contribution in [-0.2, 0) is 20.7 Å². The van der Waals surface area contributed by atoms with Gasteiger partial charge in [-0.25, -0.2) is 9.18 Å². The van der Waals surface area contributed by atoms with Crippen molar-refractivity contribution in [3.63, 3.8) is 0 Å². The average Bonchev–Trinajstić information content (AvgIpc) is 2.24. The van der Waals surface area contributed by atoms with Crippen molar-refractivity contribution in [1.29, 1.82) is 0 Å². The Balaban J connectivity index is 3.13. The van der Waals surface area contributed by atoms with E-state index < -0.39 is 23.9 Å². The number of ether oxygens (including phenoxy) is 1. The summed E-state index contributed by atoms with van der Waals surface area (Å²) in [6.45, 7) is 2.93. The van der Waals surface area contributed by atoms with Gasteiger partial charge in [0.25, 0.3) is 0 Å². The number of rotatable bonds is 4. The van der Waals surface area contributed by atoms with Crippen LogP contribution in [0.5, 0.6) is 0 Å². The molecular weight excluding hydrogens is 227 g/mol. The Hall–Kier alpha value is -1.91. The van der Waals surface area contributed by atoms with Gasteiger partial charge in [-0.05, 0) is 24.1 Å². The molecular formula is C12H13FO4. The van der Waals surface area contributed by atoms with Crippen molar-refractivity contribution in [3.8, 4) is 0 Å². The predicted molar refractivity (Wildman–Crippen MR) is 57.9 cm³/mol. The molecule has 1 N–H and O–H groups in total. The van der Waals surface area contributed by atoms with Crippen molar-refractivity contribution in [3.05, 3.63) is 35.1 Å². The highest BCUT2D eigenvalue weighted by atomic mass is 19.1. The van der Waals surface area contributed by atoms with Crippen LogP contribution in [-0.4, -0.2) is 17.0 Å². The molecule has 1 aromatic rings. The van der Waals surface area contributed by atoms with Gasteiger partial charge in [-0.1, -0.05) is 13.0 Å². The molecule has 0 heterocycles. The summed E-state index contributed by atoms with van der Waals surface area (Å²) in [5.74, 6) is -2.59. The fourth-order valence-electron chi connectivity index (χ4n) is 1.46. The first kappa shape index (κ1) is 13.2. The molecule has 1 unspecified atom stereocenters. The molecule has 0 aliphatic rings. The molecule has 0 radical (unpaired) electrons. The van der Waals surface area contributed by atoms with Crippen LogP contribution in [0.3, 0.4) is 0 Å². The standard InChI is InChI=1S/C12H13FO4/c1-3-8-4-9(6-10(13)5-8)11(12(15)16)17-7(2)14/h4-6,11H,3H2,1-2H3,(H,15,16). The zero-order valence-corrected chi connectivity index (χ0v) is 9.57. The number of hydrogen-bond acceptors (Lipinski definition) is 3. The quantitative estimate of drug-likeness (QED) is 0.818. The topological polar surface area (TPSA) is 63.6 Å². The monoisotopic (exact) mass is 240 g/mol. The van der Waals surface area contributed by atoms with E-state index in [0.29, 0.717) is 12.0 Å². The lowest BCUT2D eigenvalue weighted by Crippen LogP contribution is -2.18. The molecule has 1 rings (SSSR count). The van der Waals surface area contributed by atoms with E-state index in [4.69, 9.17) is 5.11 Å². The van der Waals surface area contributed by atoms with E-state index >= 15 is 0 Å². The number of esters is 1. The normalized spacial score (nSPS) is 11.9. The molecule has 0 saturated heterocycles. The highest BCUT2D eigenvalue weighted by Crippen LogP contribution is 2.21. The third-order valence-electron chi connectivity index (χ3n) is 2.20. The zero-order valence-electron chi connectivity index (χ0n) is 9.57. The van der Waals surface area contributed by atoms with Crippen LogP contribution < -0.4 is 0 Å². The Morgan fingerprint density at radius 1 is 1.41 bits per heavy atom. The van der Waals surface area contributed by atoms with Crippen LogP contribution in [0, 0.1) is 5.82 Å². The van der Waals surface area contributed by atoms with E-state index in [-0.39, 0.29) is 5.56 Å². The van der Waals surface area contributed by atoms with Gasteiger partial charge >= 0.3 is 11.9 Å². The second kappa shape index (κ2) is 5.43. The molecule has 4 nitrogen and oxygen atoms in total. The fraction of sp³-hybridized carbons (Fsp3) is 0.333. The van der Waals surface area contributed by atoms with Crippen molar-refractivity contribution in [2.24, 2.45) is 0 Å². The molecule has 0 amide bonds. The van der Waals surface area contributed by atoms with E-state index in [1.165, 1.54) is 12.1 Å². The molecule has 0 spiro atoms. The molecule has 0 fully saturated rings. The van der Waals surface area contributed by atoms with Crippen LogP contribution in [0.4, 0.5) is 4.39 Å². The van der Waals surface area contributed by atoms with Crippen LogP contribution in [0.2, 0.25) is 0 Å². The van der Waals surface area contributed by atoms with E-state index in [1.807, 2.05) is 6.92 Å². The maximum absolute atomic E-state index is 13.2. The summed E-state index contributed by atoms with van der Waals surface area (Å²) in [6, 6.07) is 3.89. The van der Waals surface area contributed by atoms with Gasteiger partial charge in [-0.2, -0.15) is 0 Å². The van der Waals surface area contributed by atoms with Gasteiger partial charge in [0.15, 0.2) is 0 Å². The third-order valence-corrected chi connectivity index (χ3v) is 2.20. The number of carboxylic acids is 1. The summed E-state index contributed by atoms with van der Waals surface area (Å²) in [4.78, 5) is 21.7. The molecule has 0 saturated carbocycles. The number of aliphatic carboxylic acids is 1. The minimum Gasteiger partial charge on any atom is -0.478 e. The molecule has 0 aromatic heterocycles. The van der Waals surface area contributed by atoms with Gasteiger partial charge in [0.1, 0.15) is 5.82 Å². The zero-order chi connectivity index (χ0) is 13.0. The van der Waals surface area contributed by atoms with Crippen LogP contribution in [0.25, 0.3) is 0 Å². The molecule has 0 aliphatic carbocycles. The van der Waals surface area contributed by atoms with Gasteiger partial charge in [0.2, 0.25) is 6.10 Å². The first-order chi connectivity index (χ1) is 7.93. The summed E-state index contributed by atoms with van der Waals surface area (Å²) in [7, 11) is 0. The largest absolute Gasteiger partial charge is 0.478 e. The van der Waals surface area contributed by atoms with Crippen LogP contribution in [0.15, 0.2) is 18.2 Å². The molecule has 1 aromatic carbocycles. The number of hydrogen-bond donors (Lipinski definition) is 1. The van der Waals surface area contributed by atoms with E-state index in [0.717, 1.165) is 13.0 Å². The van der Waals surface area contributed by atoms with Gasteiger partial charge in [0, 0.05) is 12.5 Å². The molecule has 92 valence electrons. The van der Waals surface area contributed by atoms with Crippen LogP contribution >= 0.6 is 0 Å². The minimum atomic E-state index is -1.46. The van der Waals surface area contributed by atoms with Gasteiger partial charge < -0.3 is 9.84 Å². The Labute approximate surface area is 98.0 Å². The molecule has 17 heavy (non-hydrogen) atoms. The number of carbonyl (C=O) groups excluding carboxylic acids is 1. The Morgan fingerprint density at radius 2 is 2.06 bits per heavy atom. The number of aryl methyl sites for hydroxylation is 1. The molecule has 5 heteroatoms. The average molecular weight is 240 g/mol. The summed E-state index contributed by atoms with van der Waals surface area (Å²) in [5.41, 5.74) is 0.781. The van der Waals surface area contributed by atoms with Gasteiger partial charge in [-0.3, -0.25) is 4.79 Å². The summed E-state index contributed by atoms with van der Waals surface area (Å²) >= 11 is 0. The summed E-state index contributed by atoms with van der Waals surface area (Å²) in [5, 5.41) is 8.93. The second-order valence-corrected chi connectivity index (χ2v) is 3.57. The number of benzene rings is 1. The maximum Gasteiger partial charge on any atom is 0.349 e. The fourth-order valence-corrected chi connectivity index (χ4v) is 1.46. The third kappa shape index (κ3) is 3.55. The second-order valence-electron chi connectivity index (χ2n) is 3.57. The number of halogens is 1. The summed E-state index contributed by atoms with van der Waals surface area (Å²) < 4.78 is 17.9. The molecule has 0 aliphatic heterocycles. The molecule has 0 bridgehead atoms. The highest BCUT2D eigenvalue weighted by molar-refractivity contribution is 5.78. The van der Waals surface area contributed by atoms with Crippen molar-refractivity contribution < 1.29 is 23.8 Å². The van der Waals surface area contributed by atoms with Crippen LogP contribution in [0.1, 0.15) is 31.1 Å². The van der Waals surface area contributed by atoms with E-state index in [1.54, 1.807) is 0 Å². The summed E-state index contributed by atoms with van der Waals surface area (Å²) in [6.07, 6.45) is -0.898. The first-order valence-electron chi connectivity index (χ1n) is 5.13. The van der Waals surface area contributed by atoms with Crippen molar-refractivity contribution in [2.75, 3.05) is 0 Å². The lowest BCUT2D eigenvalue weighted by atomic mass is 10.0. The SMILES string of the molecule is CCc1cc(F)cc(C(OC(C)=O)C(=O)O)c1. The lowest BCUT2D eigenvalue weighted by Gasteiger charge is -2.13. The Morgan fingerprint density at radius 3 is 2.53 bits per heavy atom. The van der Waals surface area contributed by atoms with Crippen molar-refractivity contribution in [2.45, 2.75) is 26.4 Å². The highest BCUT2D eigenvalue weighted by Gasteiger charge is 2.23. The van der Waals surface area contributed by atoms with Crippen molar-refractivity contribution >= 4 is 11.9 Å². The van der Waals surface area contributed by atoms with Gasteiger partial charge in [-0.15, -0.1) is 0 Å². The maximum atomic E-state index is 13.2. The van der Waals surface area contributed by atoms with Crippen molar-refractivity contribution in [1.82, 2.24) is 0 Å². The Kier molecular flexibility index (Phi) is 4.20. The van der Waals surface area contributed by atoms with E-state index in [2.05, 4.69) is 4.74 Å². The first-order valence-corrected chi connectivity index (χ1v) is 5.13. The molecule has 1 atom stereocenters. The van der Waals surface area contributed by atoms with E-state index in [9.17, 15) is 14.0 Å². The smallest absolute Gasteiger partial charge is 0.349 e.